The van der Waals surface area contributed by atoms with Gasteiger partial charge >= 0.3 is 0 Å². The first-order valence-electron chi connectivity index (χ1n) is 6.61. The van der Waals surface area contributed by atoms with Crippen molar-refractivity contribution in [1.29, 1.82) is 5.26 Å². The van der Waals surface area contributed by atoms with Crippen molar-refractivity contribution in [2.75, 3.05) is 13.1 Å². The van der Waals surface area contributed by atoms with Crippen LogP contribution in [0.5, 0.6) is 0 Å². The van der Waals surface area contributed by atoms with E-state index in [0.29, 0.717) is 19.4 Å². The fourth-order valence-electron chi connectivity index (χ4n) is 2.20. The first-order chi connectivity index (χ1) is 8.64. The van der Waals surface area contributed by atoms with E-state index in [-0.39, 0.29) is 18.4 Å². The Bertz CT molecular complexity index is 341. The van der Waals surface area contributed by atoms with Crippen LogP contribution in [0.2, 0.25) is 0 Å². The summed E-state index contributed by atoms with van der Waals surface area (Å²) < 4.78 is 0. The molecule has 0 atom stereocenters. The Kier molecular flexibility index (Phi) is 5.63. The topological polar surface area (TPSA) is 82.0 Å². The van der Waals surface area contributed by atoms with Gasteiger partial charge in [0.2, 0.25) is 11.8 Å². The van der Waals surface area contributed by atoms with Crippen molar-refractivity contribution in [3.63, 3.8) is 0 Å². The molecule has 18 heavy (non-hydrogen) atoms. The molecular weight excluding hydrogens is 230 g/mol. The zero-order valence-electron chi connectivity index (χ0n) is 10.9. The van der Waals surface area contributed by atoms with Crippen LogP contribution >= 0.6 is 0 Å². The number of rotatable bonds is 5. The van der Waals surface area contributed by atoms with Gasteiger partial charge in [0, 0.05) is 6.54 Å². The van der Waals surface area contributed by atoms with Crippen LogP contribution in [-0.2, 0) is 9.59 Å². The summed E-state index contributed by atoms with van der Waals surface area (Å²) in [5, 5.41) is 14.5. The van der Waals surface area contributed by atoms with E-state index in [1.807, 2.05) is 6.92 Å². The third-order valence-electron chi connectivity index (χ3n) is 3.34. The molecule has 5 nitrogen and oxygen atoms in total. The number of nitriles is 1. The van der Waals surface area contributed by atoms with E-state index in [2.05, 4.69) is 16.7 Å². The summed E-state index contributed by atoms with van der Waals surface area (Å²) in [6.07, 6.45) is 4.96. The Morgan fingerprint density at radius 1 is 1.22 bits per heavy atom. The fraction of sp³-hybridized carbons (Fsp3) is 0.769. The molecule has 0 aromatic heterocycles. The van der Waals surface area contributed by atoms with Crippen molar-refractivity contribution >= 4 is 11.8 Å². The van der Waals surface area contributed by atoms with Crippen LogP contribution < -0.4 is 10.6 Å². The van der Waals surface area contributed by atoms with Gasteiger partial charge in [-0.15, -0.1) is 0 Å². The zero-order valence-corrected chi connectivity index (χ0v) is 10.9. The van der Waals surface area contributed by atoms with E-state index >= 15 is 0 Å². The van der Waals surface area contributed by atoms with Crippen LogP contribution in [0.25, 0.3) is 0 Å². The van der Waals surface area contributed by atoms with E-state index in [1.54, 1.807) is 0 Å². The van der Waals surface area contributed by atoms with Gasteiger partial charge in [0.15, 0.2) is 0 Å². The molecule has 1 rings (SSSR count). The van der Waals surface area contributed by atoms with Gasteiger partial charge in [0.25, 0.3) is 0 Å². The van der Waals surface area contributed by atoms with E-state index < -0.39 is 5.41 Å². The Labute approximate surface area is 108 Å². The minimum atomic E-state index is -0.913. The molecule has 0 saturated heterocycles. The normalized spacial score (nSPS) is 17.6. The van der Waals surface area contributed by atoms with Crippen LogP contribution in [0.3, 0.4) is 0 Å². The van der Waals surface area contributed by atoms with Crippen LogP contribution in [0.15, 0.2) is 0 Å². The third-order valence-corrected chi connectivity index (χ3v) is 3.34. The van der Waals surface area contributed by atoms with Crippen LogP contribution in [0, 0.1) is 16.7 Å². The SMILES string of the molecule is CCCNC(=O)CNC(=O)C1(C#N)CCCCC1. The molecule has 100 valence electrons. The van der Waals surface area contributed by atoms with Gasteiger partial charge in [-0.1, -0.05) is 26.2 Å². The molecular formula is C13H21N3O2. The minimum Gasteiger partial charge on any atom is -0.355 e. The third kappa shape index (κ3) is 3.73. The summed E-state index contributed by atoms with van der Waals surface area (Å²) >= 11 is 0. The van der Waals surface area contributed by atoms with E-state index in [4.69, 9.17) is 0 Å². The number of hydrogen-bond donors (Lipinski definition) is 2. The number of carbonyl (C=O) groups excluding carboxylic acids is 2. The predicted molar refractivity (Wildman–Crippen MR) is 67.4 cm³/mol. The lowest BCUT2D eigenvalue weighted by molar-refractivity contribution is -0.132. The van der Waals surface area contributed by atoms with Crippen molar-refractivity contribution in [1.82, 2.24) is 10.6 Å². The minimum absolute atomic E-state index is 0.0394. The van der Waals surface area contributed by atoms with E-state index in [0.717, 1.165) is 25.7 Å². The number of carbonyl (C=O) groups is 2. The molecule has 1 saturated carbocycles. The predicted octanol–water partition coefficient (Wildman–Crippen LogP) is 1.10. The van der Waals surface area contributed by atoms with Crippen molar-refractivity contribution in [2.45, 2.75) is 45.4 Å². The smallest absolute Gasteiger partial charge is 0.240 e. The van der Waals surface area contributed by atoms with Gasteiger partial charge in [0.05, 0.1) is 12.6 Å². The van der Waals surface area contributed by atoms with Crippen molar-refractivity contribution in [3.05, 3.63) is 0 Å². The van der Waals surface area contributed by atoms with Crippen LogP contribution in [0.1, 0.15) is 45.4 Å². The summed E-state index contributed by atoms with van der Waals surface area (Å²) in [5.74, 6) is -0.495. The Morgan fingerprint density at radius 2 is 1.89 bits per heavy atom. The van der Waals surface area contributed by atoms with Gasteiger partial charge in [0.1, 0.15) is 5.41 Å². The quantitative estimate of drug-likeness (QED) is 0.767. The van der Waals surface area contributed by atoms with Crippen LogP contribution in [0.4, 0.5) is 0 Å². The molecule has 0 spiro atoms. The molecule has 2 N–H and O–H groups in total. The maximum Gasteiger partial charge on any atom is 0.240 e. The Balaban J connectivity index is 2.43. The van der Waals surface area contributed by atoms with Crippen molar-refractivity contribution in [3.8, 4) is 6.07 Å². The number of amides is 2. The molecule has 2 amide bonds. The zero-order chi connectivity index (χ0) is 13.4. The van der Waals surface area contributed by atoms with Crippen molar-refractivity contribution < 1.29 is 9.59 Å². The number of hydrogen-bond acceptors (Lipinski definition) is 3. The highest BCUT2D eigenvalue weighted by molar-refractivity contribution is 5.89. The summed E-state index contributed by atoms with van der Waals surface area (Å²) in [6, 6.07) is 2.14. The maximum atomic E-state index is 12.0. The van der Waals surface area contributed by atoms with E-state index in [1.165, 1.54) is 0 Å². The average Bonchev–Trinajstić information content (AvgIpc) is 2.43. The molecule has 5 heteroatoms. The lowest BCUT2D eigenvalue weighted by Crippen LogP contribution is -2.45. The lowest BCUT2D eigenvalue weighted by atomic mass is 9.74. The maximum absolute atomic E-state index is 12.0. The van der Waals surface area contributed by atoms with Crippen molar-refractivity contribution in [2.24, 2.45) is 5.41 Å². The largest absolute Gasteiger partial charge is 0.355 e. The molecule has 0 aromatic carbocycles. The molecule has 0 heterocycles. The van der Waals surface area contributed by atoms with Gasteiger partial charge in [-0.2, -0.15) is 5.26 Å². The number of nitrogens with one attached hydrogen (secondary N) is 2. The standard InChI is InChI=1S/C13H21N3O2/c1-2-8-15-11(17)9-16-12(18)13(10-14)6-4-3-5-7-13/h2-9H2,1H3,(H,15,17)(H,16,18). The molecule has 0 bridgehead atoms. The summed E-state index contributed by atoms with van der Waals surface area (Å²) in [7, 11) is 0. The molecule has 1 aliphatic carbocycles. The highest BCUT2D eigenvalue weighted by atomic mass is 16.2. The number of nitrogens with zero attached hydrogens (tertiary/aromatic N) is 1. The molecule has 0 radical (unpaired) electrons. The summed E-state index contributed by atoms with van der Waals surface area (Å²) in [4.78, 5) is 23.4. The molecule has 0 aliphatic heterocycles. The second-order valence-corrected chi connectivity index (χ2v) is 4.79. The second kappa shape index (κ2) is 7.00. The summed E-state index contributed by atoms with van der Waals surface area (Å²) in [5.41, 5.74) is -0.913. The monoisotopic (exact) mass is 251 g/mol. The van der Waals surface area contributed by atoms with Gasteiger partial charge in [-0.05, 0) is 19.3 Å². The first kappa shape index (κ1) is 14.5. The Hall–Kier alpha value is -1.57. The van der Waals surface area contributed by atoms with Gasteiger partial charge in [-0.3, -0.25) is 9.59 Å². The Morgan fingerprint density at radius 3 is 2.44 bits per heavy atom. The average molecular weight is 251 g/mol. The second-order valence-electron chi connectivity index (χ2n) is 4.79. The molecule has 0 unspecified atom stereocenters. The van der Waals surface area contributed by atoms with Crippen LogP contribution in [-0.4, -0.2) is 24.9 Å². The lowest BCUT2D eigenvalue weighted by Gasteiger charge is -2.28. The first-order valence-corrected chi connectivity index (χ1v) is 6.61. The molecule has 1 aliphatic rings. The highest BCUT2D eigenvalue weighted by Crippen LogP contribution is 2.35. The van der Waals surface area contributed by atoms with Gasteiger partial charge in [-0.25, -0.2) is 0 Å². The van der Waals surface area contributed by atoms with Gasteiger partial charge < -0.3 is 10.6 Å². The molecule has 1 fully saturated rings. The molecule has 0 aromatic rings. The highest BCUT2D eigenvalue weighted by Gasteiger charge is 2.39. The fourth-order valence-corrected chi connectivity index (χ4v) is 2.20. The summed E-state index contributed by atoms with van der Waals surface area (Å²) in [6.45, 7) is 2.53. The van der Waals surface area contributed by atoms with E-state index in [9.17, 15) is 14.9 Å².